The molecule has 1 atom stereocenters. The highest BCUT2D eigenvalue weighted by Gasteiger charge is 2.33. The zero-order valence-electron chi connectivity index (χ0n) is 14.3. The van der Waals surface area contributed by atoms with Gasteiger partial charge in [0.15, 0.2) is 0 Å². The second-order valence-electron chi connectivity index (χ2n) is 6.19. The van der Waals surface area contributed by atoms with E-state index in [1.165, 1.54) is 11.3 Å². The maximum Gasteiger partial charge on any atom is 0.261 e. The molecule has 1 aromatic carbocycles. The molecule has 3 amide bonds. The van der Waals surface area contributed by atoms with Gasteiger partial charge in [0.25, 0.3) is 5.91 Å². The predicted octanol–water partition coefficient (Wildman–Crippen LogP) is 1.64. The minimum atomic E-state index is -0.334. The summed E-state index contributed by atoms with van der Waals surface area (Å²) in [6.07, 6.45) is 0.236. The van der Waals surface area contributed by atoms with Gasteiger partial charge in [-0.2, -0.15) is 0 Å². The Kier molecular flexibility index (Phi) is 6.01. The van der Waals surface area contributed by atoms with Crippen molar-refractivity contribution in [2.75, 3.05) is 19.6 Å². The first-order valence-electron chi connectivity index (χ1n) is 8.54. The van der Waals surface area contributed by atoms with Crippen LogP contribution in [0.25, 0.3) is 0 Å². The third-order valence-corrected chi connectivity index (χ3v) is 5.12. The van der Waals surface area contributed by atoms with Crippen LogP contribution in [0.2, 0.25) is 0 Å². The van der Waals surface area contributed by atoms with Crippen molar-refractivity contribution in [2.24, 2.45) is 5.92 Å². The number of likely N-dealkylation sites (tertiary alicyclic amines) is 1. The number of hydrogen-bond donors (Lipinski definition) is 2. The summed E-state index contributed by atoms with van der Waals surface area (Å²) in [5, 5.41) is 7.40. The van der Waals surface area contributed by atoms with Crippen molar-refractivity contribution in [3.05, 3.63) is 58.3 Å². The molecule has 6 nitrogen and oxygen atoms in total. The van der Waals surface area contributed by atoms with Crippen LogP contribution in [0.3, 0.4) is 0 Å². The fraction of sp³-hybridized carbons (Fsp3) is 0.316. The molecule has 3 rings (SSSR count). The van der Waals surface area contributed by atoms with Crippen molar-refractivity contribution in [3.63, 3.8) is 0 Å². The standard InChI is InChI=1S/C19H21N3O3S/c23-17-11-15(13-22(17)12-14-5-2-1-3-6-14)18(24)20-8-9-21-19(25)16-7-4-10-26-16/h1-7,10,15H,8-9,11-13H2,(H,20,24)(H,21,25). The Bertz CT molecular complexity index is 762. The molecule has 2 heterocycles. The molecule has 0 radical (unpaired) electrons. The van der Waals surface area contributed by atoms with Gasteiger partial charge in [0.05, 0.1) is 10.8 Å². The third-order valence-electron chi connectivity index (χ3n) is 4.26. The van der Waals surface area contributed by atoms with Gasteiger partial charge in [0.1, 0.15) is 0 Å². The number of amides is 3. The highest BCUT2D eigenvalue weighted by molar-refractivity contribution is 7.12. The van der Waals surface area contributed by atoms with Crippen LogP contribution < -0.4 is 10.6 Å². The summed E-state index contributed by atoms with van der Waals surface area (Å²) in [5.41, 5.74) is 1.05. The highest BCUT2D eigenvalue weighted by atomic mass is 32.1. The SMILES string of the molecule is O=C(NCCNC(=O)C1CC(=O)N(Cc2ccccc2)C1)c1cccs1. The van der Waals surface area contributed by atoms with Crippen LogP contribution in [0.5, 0.6) is 0 Å². The van der Waals surface area contributed by atoms with Gasteiger partial charge in [-0.25, -0.2) is 0 Å². The lowest BCUT2D eigenvalue weighted by Crippen LogP contribution is -2.38. The molecular formula is C19H21N3O3S. The number of nitrogens with one attached hydrogen (secondary N) is 2. The fourth-order valence-electron chi connectivity index (χ4n) is 2.91. The Morgan fingerprint density at radius 1 is 1.08 bits per heavy atom. The number of rotatable bonds is 7. The summed E-state index contributed by atoms with van der Waals surface area (Å²) in [6.45, 7) is 1.66. The van der Waals surface area contributed by atoms with Crippen molar-refractivity contribution in [2.45, 2.75) is 13.0 Å². The van der Waals surface area contributed by atoms with Gasteiger partial charge in [0.2, 0.25) is 11.8 Å². The van der Waals surface area contributed by atoms with Gasteiger partial charge in [-0.15, -0.1) is 11.3 Å². The molecule has 2 aromatic rings. The van der Waals surface area contributed by atoms with Crippen molar-refractivity contribution < 1.29 is 14.4 Å². The summed E-state index contributed by atoms with van der Waals surface area (Å²) in [5.74, 6) is -0.613. The predicted molar refractivity (Wildman–Crippen MR) is 99.6 cm³/mol. The normalized spacial score (nSPS) is 16.5. The molecule has 136 valence electrons. The molecule has 1 saturated heterocycles. The smallest absolute Gasteiger partial charge is 0.261 e. The number of nitrogens with zero attached hydrogens (tertiary/aromatic N) is 1. The minimum absolute atomic E-state index is 0.00000113. The lowest BCUT2D eigenvalue weighted by Gasteiger charge is -2.16. The van der Waals surface area contributed by atoms with E-state index in [4.69, 9.17) is 0 Å². The van der Waals surface area contributed by atoms with E-state index in [-0.39, 0.29) is 30.1 Å². The van der Waals surface area contributed by atoms with E-state index >= 15 is 0 Å². The van der Waals surface area contributed by atoms with E-state index in [1.807, 2.05) is 41.8 Å². The van der Waals surface area contributed by atoms with Crippen LogP contribution in [0.4, 0.5) is 0 Å². The largest absolute Gasteiger partial charge is 0.354 e. The van der Waals surface area contributed by atoms with Gasteiger partial charge in [-0.1, -0.05) is 36.4 Å². The van der Waals surface area contributed by atoms with E-state index < -0.39 is 0 Å². The second-order valence-corrected chi connectivity index (χ2v) is 7.13. The Balaban J connectivity index is 1.40. The summed E-state index contributed by atoms with van der Waals surface area (Å²) >= 11 is 1.37. The first kappa shape index (κ1) is 18.1. The molecule has 0 spiro atoms. The minimum Gasteiger partial charge on any atom is -0.354 e. The summed E-state index contributed by atoms with van der Waals surface area (Å²) < 4.78 is 0. The first-order valence-corrected chi connectivity index (χ1v) is 9.42. The Morgan fingerprint density at radius 2 is 1.85 bits per heavy atom. The quantitative estimate of drug-likeness (QED) is 0.727. The molecule has 1 fully saturated rings. The van der Waals surface area contributed by atoms with Crippen LogP contribution >= 0.6 is 11.3 Å². The van der Waals surface area contributed by atoms with Gasteiger partial charge < -0.3 is 15.5 Å². The Morgan fingerprint density at radius 3 is 2.58 bits per heavy atom. The zero-order chi connectivity index (χ0) is 18.4. The van der Waals surface area contributed by atoms with Gasteiger partial charge in [0, 0.05) is 32.6 Å². The van der Waals surface area contributed by atoms with Crippen molar-refractivity contribution >= 4 is 29.1 Å². The molecular weight excluding hydrogens is 350 g/mol. The molecule has 0 saturated carbocycles. The first-order chi connectivity index (χ1) is 12.6. The molecule has 2 N–H and O–H groups in total. The van der Waals surface area contributed by atoms with Gasteiger partial charge >= 0.3 is 0 Å². The average Bonchev–Trinajstić information content (AvgIpc) is 3.30. The lowest BCUT2D eigenvalue weighted by atomic mass is 10.1. The molecule has 0 bridgehead atoms. The van der Waals surface area contributed by atoms with Crippen molar-refractivity contribution in [3.8, 4) is 0 Å². The van der Waals surface area contributed by atoms with Crippen molar-refractivity contribution in [1.29, 1.82) is 0 Å². The van der Waals surface area contributed by atoms with Gasteiger partial charge in [-0.3, -0.25) is 14.4 Å². The van der Waals surface area contributed by atoms with Gasteiger partial charge in [-0.05, 0) is 17.0 Å². The zero-order valence-corrected chi connectivity index (χ0v) is 15.1. The van der Waals surface area contributed by atoms with E-state index in [0.717, 1.165) is 5.56 Å². The van der Waals surface area contributed by atoms with Crippen LogP contribution in [-0.4, -0.2) is 42.3 Å². The highest BCUT2D eigenvalue weighted by Crippen LogP contribution is 2.20. The van der Waals surface area contributed by atoms with E-state index in [1.54, 1.807) is 11.0 Å². The number of carbonyl (C=O) groups is 3. The third kappa shape index (κ3) is 4.70. The monoisotopic (exact) mass is 371 g/mol. The molecule has 1 aliphatic heterocycles. The van der Waals surface area contributed by atoms with E-state index in [2.05, 4.69) is 10.6 Å². The topological polar surface area (TPSA) is 78.5 Å². The summed E-state index contributed by atoms with van der Waals surface area (Å²) in [7, 11) is 0. The lowest BCUT2D eigenvalue weighted by molar-refractivity contribution is -0.129. The molecule has 1 aliphatic rings. The second kappa shape index (κ2) is 8.62. The number of thiophene rings is 1. The average molecular weight is 371 g/mol. The fourth-order valence-corrected chi connectivity index (χ4v) is 3.55. The van der Waals surface area contributed by atoms with Crippen LogP contribution in [-0.2, 0) is 16.1 Å². The van der Waals surface area contributed by atoms with E-state index in [9.17, 15) is 14.4 Å². The van der Waals surface area contributed by atoms with Crippen LogP contribution in [0, 0.1) is 5.92 Å². The van der Waals surface area contributed by atoms with Crippen molar-refractivity contribution in [1.82, 2.24) is 15.5 Å². The maximum atomic E-state index is 12.3. The summed E-state index contributed by atoms with van der Waals surface area (Å²) in [6, 6.07) is 13.3. The molecule has 1 unspecified atom stereocenters. The number of carbonyl (C=O) groups excluding carboxylic acids is 3. The molecule has 7 heteroatoms. The van der Waals surface area contributed by atoms with E-state index in [0.29, 0.717) is 31.1 Å². The maximum absolute atomic E-state index is 12.3. The molecule has 1 aromatic heterocycles. The molecule has 26 heavy (non-hydrogen) atoms. The Hall–Kier alpha value is -2.67. The number of benzene rings is 1. The molecule has 0 aliphatic carbocycles. The van der Waals surface area contributed by atoms with Crippen LogP contribution in [0.15, 0.2) is 47.8 Å². The van der Waals surface area contributed by atoms with Crippen LogP contribution in [0.1, 0.15) is 21.7 Å². The summed E-state index contributed by atoms with van der Waals surface area (Å²) in [4.78, 5) is 38.6. The Labute approximate surface area is 156 Å². The number of hydrogen-bond acceptors (Lipinski definition) is 4.